The molecule has 162 valence electrons. The topological polar surface area (TPSA) is 60.1 Å². The highest BCUT2D eigenvalue weighted by Crippen LogP contribution is 2.27. The van der Waals surface area contributed by atoms with Crippen LogP contribution in [0.15, 0.2) is 53.3 Å². The second-order valence-corrected chi connectivity index (χ2v) is 8.13. The van der Waals surface area contributed by atoms with Crippen molar-refractivity contribution in [2.45, 2.75) is 45.3 Å². The summed E-state index contributed by atoms with van der Waals surface area (Å²) >= 11 is 6.12. The number of nitrogens with zero attached hydrogens (tertiary/aromatic N) is 4. The number of hydrogen-bond donors (Lipinski definition) is 0. The highest BCUT2D eigenvalue weighted by Gasteiger charge is 2.33. The summed E-state index contributed by atoms with van der Waals surface area (Å²) in [5, 5.41) is 4.74. The van der Waals surface area contributed by atoms with Gasteiger partial charge in [-0.1, -0.05) is 48.0 Å². The fraction of sp³-hybridized carbons (Fsp3) is 0.348. The molecule has 2 heterocycles. The molecule has 1 aromatic heterocycles. The fourth-order valence-corrected chi connectivity index (χ4v) is 4.25. The van der Waals surface area contributed by atoms with Crippen molar-refractivity contribution in [3.8, 4) is 0 Å². The number of halogens is 2. The van der Waals surface area contributed by atoms with Crippen LogP contribution in [-0.4, -0.2) is 31.7 Å². The van der Waals surface area contributed by atoms with Crippen LogP contribution in [-0.2, 0) is 24.4 Å². The molecule has 0 bridgehead atoms. The molecule has 0 spiro atoms. The summed E-state index contributed by atoms with van der Waals surface area (Å²) in [6, 6.07) is 13.9. The summed E-state index contributed by atoms with van der Waals surface area (Å²) in [4.78, 5) is 28.1. The Morgan fingerprint density at radius 1 is 1.26 bits per heavy atom. The Labute approximate surface area is 184 Å². The van der Waals surface area contributed by atoms with Crippen LogP contribution in [0.5, 0.6) is 0 Å². The van der Waals surface area contributed by atoms with Crippen molar-refractivity contribution in [3.63, 3.8) is 0 Å². The fourth-order valence-electron chi connectivity index (χ4n) is 4.03. The SMILES string of the molecule is CCN(Cc1ccccc1)C(=O)C1CCCn2c1nn(Cc1ccc(F)cc1Cl)c2=O. The first-order valence-corrected chi connectivity index (χ1v) is 10.8. The first-order chi connectivity index (χ1) is 15.0. The van der Waals surface area contributed by atoms with Crippen LogP contribution in [0.3, 0.4) is 0 Å². The number of rotatable bonds is 6. The smallest absolute Gasteiger partial charge is 0.338 e. The molecule has 6 nitrogen and oxygen atoms in total. The average Bonchev–Trinajstić information content (AvgIpc) is 3.10. The number of benzene rings is 2. The lowest BCUT2D eigenvalue weighted by atomic mass is 9.97. The number of carbonyl (C=O) groups is 1. The maximum absolute atomic E-state index is 13.4. The van der Waals surface area contributed by atoms with E-state index in [1.165, 1.54) is 16.8 Å². The van der Waals surface area contributed by atoms with Crippen LogP contribution in [0, 0.1) is 5.82 Å². The zero-order chi connectivity index (χ0) is 22.0. The van der Waals surface area contributed by atoms with Gasteiger partial charge in [-0.15, -0.1) is 0 Å². The van der Waals surface area contributed by atoms with E-state index in [0.717, 1.165) is 12.0 Å². The molecule has 0 saturated carbocycles. The monoisotopic (exact) mass is 442 g/mol. The molecule has 1 unspecified atom stereocenters. The van der Waals surface area contributed by atoms with Gasteiger partial charge in [0.1, 0.15) is 11.6 Å². The van der Waals surface area contributed by atoms with Gasteiger partial charge in [-0.05, 0) is 43.0 Å². The molecule has 0 radical (unpaired) electrons. The van der Waals surface area contributed by atoms with Crippen LogP contribution in [0.2, 0.25) is 5.02 Å². The lowest BCUT2D eigenvalue weighted by molar-refractivity contribution is -0.134. The van der Waals surface area contributed by atoms with E-state index in [9.17, 15) is 14.0 Å². The molecule has 2 aromatic carbocycles. The van der Waals surface area contributed by atoms with Crippen molar-refractivity contribution in [2.24, 2.45) is 0 Å². The van der Waals surface area contributed by atoms with Crippen molar-refractivity contribution in [3.05, 3.63) is 86.8 Å². The Morgan fingerprint density at radius 3 is 2.74 bits per heavy atom. The molecule has 0 fully saturated rings. The van der Waals surface area contributed by atoms with E-state index in [2.05, 4.69) is 5.10 Å². The number of fused-ring (bicyclic) bond motifs is 1. The van der Waals surface area contributed by atoms with E-state index >= 15 is 0 Å². The largest absolute Gasteiger partial charge is 0.346 e. The number of likely N-dealkylation sites (N-methyl/N-ethyl adjacent to an activating group) is 1. The average molecular weight is 443 g/mol. The quantitative estimate of drug-likeness (QED) is 0.583. The minimum absolute atomic E-state index is 0.0238. The Hall–Kier alpha value is -2.93. The number of aromatic nitrogens is 3. The molecule has 1 aliphatic rings. The summed E-state index contributed by atoms with van der Waals surface area (Å²) in [7, 11) is 0. The highest BCUT2D eigenvalue weighted by atomic mass is 35.5. The van der Waals surface area contributed by atoms with Gasteiger partial charge in [0.05, 0.1) is 12.5 Å². The number of carbonyl (C=O) groups excluding carboxylic acids is 1. The standard InChI is InChI=1S/C23H24ClFN4O2/c1-2-27(14-16-7-4-3-5-8-16)22(30)19-9-6-12-28-21(19)26-29(23(28)31)15-17-10-11-18(25)13-20(17)24/h3-5,7-8,10-11,13,19H,2,6,9,12,14-15H2,1H3. The maximum atomic E-state index is 13.4. The summed E-state index contributed by atoms with van der Waals surface area (Å²) in [6.45, 7) is 3.69. The van der Waals surface area contributed by atoms with E-state index in [1.54, 1.807) is 15.5 Å². The van der Waals surface area contributed by atoms with Crippen LogP contribution >= 0.6 is 11.6 Å². The van der Waals surface area contributed by atoms with E-state index < -0.39 is 11.7 Å². The molecule has 0 N–H and O–H groups in total. The lowest BCUT2D eigenvalue weighted by Gasteiger charge is -2.28. The van der Waals surface area contributed by atoms with Crippen LogP contribution in [0.4, 0.5) is 4.39 Å². The van der Waals surface area contributed by atoms with Gasteiger partial charge in [-0.3, -0.25) is 9.36 Å². The number of amides is 1. The third kappa shape index (κ3) is 4.42. The molecule has 1 atom stereocenters. The second-order valence-electron chi connectivity index (χ2n) is 7.72. The normalized spacial score (nSPS) is 15.5. The predicted molar refractivity (Wildman–Crippen MR) is 117 cm³/mol. The minimum Gasteiger partial charge on any atom is -0.338 e. The molecular formula is C23H24ClFN4O2. The Bertz CT molecular complexity index is 1140. The van der Waals surface area contributed by atoms with E-state index in [4.69, 9.17) is 11.6 Å². The van der Waals surface area contributed by atoms with Gasteiger partial charge < -0.3 is 4.90 Å². The van der Waals surface area contributed by atoms with Gasteiger partial charge in [0.25, 0.3) is 0 Å². The molecule has 4 rings (SSSR count). The summed E-state index contributed by atoms with van der Waals surface area (Å²) in [5.74, 6) is -0.431. The van der Waals surface area contributed by atoms with Crippen LogP contribution in [0.1, 0.15) is 42.6 Å². The van der Waals surface area contributed by atoms with Crippen molar-refractivity contribution >= 4 is 17.5 Å². The number of hydrogen-bond acceptors (Lipinski definition) is 3. The first kappa shape index (κ1) is 21.3. The Balaban J connectivity index is 1.60. The zero-order valence-corrected chi connectivity index (χ0v) is 18.1. The molecule has 0 aliphatic carbocycles. The highest BCUT2D eigenvalue weighted by molar-refractivity contribution is 6.31. The molecule has 8 heteroatoms. The van der Waals surface area contributed by atoms with Gasteiger partial charge in [-0.2, -0.15) is 5.10 Å². The van der Waals surface area contributed by atoms with Crippen molar-refractivity contribution in [1.82, 2.24) is 19.2 Å². The third-order valence-corrected chi connectivity index (χ3v) is 6.03. The molecule has 3 aromatic rings. The molecule has 1 amide bonds. The van der Waals surface area contributed by atoms with E-state index in [0.29, 0.717) is 37.4 Å². The minimum atomic E-state index is -0.463. The maximum Gasteiger partial charge on any atom is 0.346 e. The third-order valence-electron chi connectivity index (χ3n) is 5.68. The molecule has 31 heavy (non-hydrogen) atoms. The van der Waals surface area contributed by atoms with Gasteiger partial charge >= 0.3 is 5.69 Å². The predicted octanol–water partition coefficient (Wildman–Crippen LogP) is 3.81. The van der Waals surface area contributed by atoms with Crippen molar-refractivity contribution < 1.29 is 9.18 Å². The van der Waals surface area contributed by atoms with Crippen molar-refractivity contribution in [2.75, 3.05) is 6.54 Å². The molecule has 1 aliphatic heterocycles. The first-order valence-electron chi connectivity index (χ1n) is 10.4. The summed E-state index contributed by atoms with van der Waals surface area (Å²) < 4.78 is 16.2. The molecular weight excluding hydrogens is 419 g/mol. The van der Waals surface area contributed by atoms with Gasteiger partial charge in [0.15, 0.2) is 0 Å². The van der Waals surface area contributed by atoms with Crippen molar-refractivity contribution in [1.29, 1.82) is 0 Å². The zero-order valence-electron chi connectivity index (χ0n) is 17.3. The van der Waals surface area contributed by atoms with Gasteiger partial charge in [-0.25, -0.2) is 13.9 Å². The Morgan fingerprint density at radius 2 is 2.03 bits per heavy atom. The summed E-state index contributed by atoms with van der Waals surface area (Å²) in [5.41, 5.74) is 1.38. The Kier molecular flexibility index (Phi) is 6.23. The van der Waals surface area contributed by atoms with Gasteiger partial charge in [0, 0.05) is 24.7 Å². The van der Waals surface area contributed by atoms with Crippen LogP contribution < -0.4 is 5.69 Å². The van der Waals surface area contributed by atoms with E-state index in [1.807, 2.05) is 37.3 Å². The second kappa shape index (κ2) is 9.06. The van der Waals surface area contributed by atoms with Crippen LogP contribution in [0.25, 0.3) is 0 Å². The van der Waals surface area contributed by atoms with E-state index in [-0.39, 0.29) is 23.2 Å². The molecule has 0 saturated heterocycles. The summed E-state index contributed by atoms with van der Waals surface area (Å²) in [6.07, 6.45) is 1.38. The van der Waals surface area contributed by atoms with Gasteiger partial charge in [0.2, 0.25) is 5.91 Å². The lowest BCUT2D eigenvalue weighted by Crippen LogP contribution is -2.38.